The molecule has 0 fully saturated rings. The normalized spacial score (nSPS) is 11.2. The summed E-state index contributed by atoms with van der Waals surface area (Å²) in [6.45, 7) is -0.833. The molecule has 2 rings (SSSR count). The van der Waals surface area contributed by atoms with E-state index in [0.29, 0.717) is 10.7 Å². The third-order valence-electron chi connectivity index (χ3n) is 3.95. The highest BCUT2D eigenvalue weighted by atomic mass is 35.5. The molecule has 1 unspecified atom stereocenters. The van der Waals surface area contributed by atoms with Crippen molar-refractivity contribution in [3.63, 3.8) is 0 Å². The fourth-order valence-electron chi connectivity index (χ4n) is 2.45. The molecule has 31 heavy (non-hydrogen) atoms. The molecule has 0 bridgehead atoms. The van der Waals surface area contributed by atoms with Crippen molar-refractivity contribution in [3.8, 4) is 0 Å². The van der Waals surface area contributed by atoms with Crippen molar-refractivity contribution in [3.05, 3.63) is 64.1 Å². The lowest BCUT2D eigenvalue weighted by atomic mass is 10.1. The minimum atomic E-state index is -1.19. The zero-order valence-corrected chi connectivity index (χ0v) is 17.7. The Balaban J connectivity index is 1.72. The standard InChI is InChI=1S/C20H20Cl2N4O5/c21-14-7-6-13(9-15(14)22)25-20(31)24-10-17(27)23-11-18(28)26-16(19(29)30)8-12-4-2-1-3-5-12/h1-7,9,16H,8,10-11H2,(H,23,27)(H,26,28)(H,29,30)(H2,24,25,31). The molecule has 2 aromatic rings. The molecule has 0 radical (unpaired) electrons. The van der Waals surface area contributed by atoms with Gasteiger partial charge in [-0.1, -0.05) is 53.5 Å². The number of halogens is 2. The Hall–Kier alpha value is -3.30. The first-order chi connectivity index (χ1) is 14.7. The minimum Gasteiger partial charge on any atom is -0.480 e. The molecule has 1 atom stereocenters. The highest BCUT2D eigenvalue weighted by molar-refractivity contribution is 6.42. The summed E-state index contributed by atoms with van der Waals surface area (Å²) >= 11 is 11.6. The maximum atomic E-state index is 12.0. The highest BCUT2D eigenvalue weighted by Gasteiger charge is 2.20. The molecule has 5 N–H and O–H groups in total. The van der Waals surface area contributed by atoms with Crippen LogP contribution in [0.15, 0.2) is 48.5 Å². The van der Waals surface area contributed by atoms with Crippen LogP contribution in [0.2, 0.25) is 10.0 Å². The van der Waals surface area contributed by atoms with Crippen LogP contribution in [0.5, 0.6) is 0 Å². The van der Waals surface area contributed by atoms with Crippen molar-refractivity contribution < 1.29 is 24.3 Å². The average molecular weight is 467 g/mol. The van der Waals surface area contributed by atoms with Gasteiger partial charge in [0.1, 0.15) is 6.04 Å². The first-order valence-electron chi connectivity index (χ1n) is 9.07. The summed E-state index contributed by atoms with van der Waals surface area (Å²) in [5.74, 6) is -2.49. The van der Waals surface area contributed by atoms with Gasteiger partial charge < -0.3 is 26.4 Å². The van der Waals surface area contributed by atoms with Crippen LogP contribution in [-0.4, -0.2) is 48.1 Å². The Kier molecular flexibility index (Phi) is 9.11. The summed E-state index contributed by atoms with van der Waals surface area (Å²) in [6.07, 6.45) is 0.103. The van der Waals surface area contributed by atoms with E-state index in [1.165, 1.54) is 18.2 Å². The van der Waals surface area contributed by atoms with Gasteiger partial charge in [-0.25, -0.2) is 9.59 Å². The molecular formula is C20H20Cl2N4O5. The first-order valence-corrected chi connectivity index (χ1v) is 9.83. The molecule has 0 heterocycles. The van der Waals surface area contributed by atoms with Crippen LogP contribution in [0.3, 0.4) is 0 Å². The minimum absolute atomic E-state index is 0.103. The summed E-state index contributed by atoms with van der Waals surface area (Å²) in [6, 6.07) is 11.5. The summed E-state index contributed by atoms with van der Waals surface area (Å²) in [5, 5.41) is 19.3. The molecular weight excluding hydrogens is 447 g/mol. The Bertz CT molecular complexity index is 956. The number of carboxylic acid groups (broad SMARTS) is 1. The van der Waals surface area contributed by atoms with Gasteiger partial charge in [0.15, 0.2) is 0 Å². The summed E-state index contributed by atoms with van der Waals surface area (Å²) in [5.41, 5.74) is 1.13. The van der Waals surface area contributed by atoms with Crippen LogP contribution in [0.1, 0.15) is 5.56 Å². The maximum Gasteiger partial charge on any atom is 0.326 e. The number of carboxylic acids is 1. The number of carbonyl (C=O) groups is 4. The van der Waals surface area contributed by atoms with Gasteiger partial charge in [0.05, 0.1) is 23.1 Å². The van der Waals surface area contributed by atoms with E-state index in [4.69, 9.17) is 23.2 Å². The van der Waals surface area contributed by atoms with Crippen molar-refractivity contribution in [1.82, 2.24) is 16.0 Å². The van der Waals surface area contributed by atoms with Gasteiger partial charge in [-0.3, -0.25) is 9.59 Å². The molecule has 2 aromatic carbocycles. The number of hydrogen-bond acceptors (Lipinski definition) is 4. The quantitative estimate of drug-likeness (QED) is 0.385. The number of urea groups is 1. The van der Waals surface area contributed by atoms with E-state index in [0.717, 1.165) is 5.56 Å². The Morgan fingerprint density at radius 3 is 2.19 bits per heavy atom. The van der Waals surface area contributed by atoms with Crippen LogP contribution >= 0.6 is 23.2 Å². The average Bonchev–Trinajstić information content (AvgIpc) is 2.73. The van der Waals surface area contributed by atoms with E-state index < -0.39 is 42.9 Å². The van der Waals surface area contributed by atoms with Crippen LogP contribution in [0.25, 0.3) is 0 Å². The molecule has 0 spiro atoms. The topological polar surface area (TPSA) is 137 Å². The van der Waals surface area contributed by atoms with Gasteiger partial charge in [-0.2, -0.15) is 0 Å². The van der Waals surface area contributed by atoms with E-state index in [1.54, 1.807) is 30.3 Å². The number of hydrogen-bond donors (Lipinski definition) is 5. The number of nitrogens with one attached hydrogen (secondary N) is 4. The molecule has 0 saturated heterocycles. The van der Waals surface area contributed by atoms with Gasteiger partial charge in [-0.15, -0.1) is 0 Å². The van der Waals surface area contributed by atoms with Gasteiger partial charge >= 0.3 is 12.0 Å². The van der Waals surface area contributed by atoms with Gasteiger partial charge in [0, 0.05) is 12.1 Å². The van der Waals surface area contributed by atoms with Crippen molar-refractivity contribution in [1.29, 1.82) is 0 Å². The van der Waals surface area contributed by atoms with Gasteiger partial charge in [0.25, 0.3) is 0 Å². The third-order valence-corrected chi connectivity index (χ3v) is 4.69. The number of carbonyl (C=O) groups excluding carboxylic acids is 3. The molecule has 11 heteroatoms. The molecule has 0 aliphatic heterocycles. The number of benzene rings is 2. The van der Waals surface area contributed by atoms with Crippen LogP contribution in [0.4, 0.5) is 10.5 Å². The molecule has 0 aliphatic carbocycles. The van der Waals surface area contributed by atoms with Gasteiger partial charge in [0.2, 0.25) is 11.8 Å². The zero-order valence-electron chi connectivity index (χ0n) is 16.2. The van der Waals surface area contributed by atoms with E-state index in [1.807, 2.05) is 0 Å². The van der Waals surface area contributed by atoms with E-state index >= 15 is 0 Å². The maximum absolute atomic E-state index is 12.0. The SMILES string of the molecule is O=C(CNC(=O)Nc1ccc(Cl)c(Cl)c1)NCC(=O)NC(Cc1ccccc1)C(=O)O. The van der Waals surface area contributed by atoms with Crippen LogP contribution in [0, 0.1) is 0 Å². The molecule has 0 saturated carbocycles. The van der Waals surface area contributed by atoms with Gasteiger partial charge in [-0.05, 0) is 23.8 Å². The van der Waals surface area contributed by atoms with Crippen molar-refractivity contribution in [2.45, 2.75) is 12.5 Å². The highest BCUT2D eigenvalue weighted by Crippen LogP contribution is 2.24. The number of amides is 4. The molecule has 9 nitrogen and oxygen atoms in total. The number of aliphatic carboxylic acids is 1. The second-order valence-corrected chi connectivity index (χ2v) is 7.18. The van der Waals surface area contributed by atoms with E-state index in [2.05, 4.69) is 21.3 Å². The number of rotatable bonds is 9. The summed E-state index contributed by atoms with van der Waals surface area (Å²) in [4.78, 5) is 47.0. The van der Waals surface area contributed by atoms with Crippen molar-refractivity contribution >= 4 is 52.7 Å². The zero-order chi connectivity index (χ0) is 22.8. The fourth-order valence-corrected chi connectivity index (χ4v) is 2.74. The monoisotopic (exact) mass is 466 g/mol. The predicted octanol–water partition coefficient (Wildman–Crippen LogP) is 2.04. The van der Waals surface area contributed by atoms with E-state index in [-0.39, 0.29) is 11.4 Å². The lowest BCUT2D eigenvalue weighted by molar-refractivity contribution is -0.141. The van der Waals surface area contributed by atoms with E-state index in [9.17, 15) is 24.3 Å². The number of anilines is 1. The smallest absolute Gasteiger partial charge is 0.326 e. The lowest BCUT2D eigenvalue weighted by Gasteiger charge is -2.15. The summed E-state index contributed by atoms with van der Waals surface area (Å²) in [7, 11) is 0. The first kappa shape index (κ1) is 24.0. The molecule has 164 valence electrons. The molecule has 0 aromatic heterocycles. The molecule has 4 amide bonds. The van der Waals surface area contributed by atoms with Crippen LogP contribution in [-0.2, 0) is 20.8 Å². The third kappa shape index (κ3) is 8.53. The Morgan fingerprint density at radius 1 is 0.871 bits per heavy atom. The summed E-state index contributed by atoms with van der Waals surface area (Å²) < 4.78 is 0. The second kappa shape index (κ2) is 11.8. The predicted molar refractivity (Wildman–Crippen MR) is 116 cm³/mol. The van der Waals surface area contributed by atoms with Crippen molar-refractivity contribution in [2.24, 2.45) is 0 Å². The Labute approximate surface area is 188 Å². The van der Waals surface area contributed by atoms with Crippen molar-refractivity contribution in [2.75, 3.05) is 18.4 Å². The largest absolute Gasteiger partial charge is 0.480 e. The second-order valence-electron chi connectivity index (χ2n) is 6.36. The fraction of sp³-hybridized carbons (Fsp3) is 0.200. The molecule has 0 aliphatic rings. The Morgan fingerprint density at radius 2 is 1.55 bits per heavy atom. The van der Waals surface area contributed by atoms with Crippen LogP contribution < -0.4 is 21.3 Å². The lowest BCUT2D eigenvalue weighted by Crippen LogP contribution is -2.48.